The maximum Gasteiger partial charge on any atom is 0.0946 e. The minimum Gasteiger partial charge on any atom is -0.387 e. The van der Waals surface area contributed by atoms with Gasteiger partial charge in [-0.25, -0.2) is 0 Å². The second-order valence-corrected chi connectivity index (χ2v) is 5.84. The fourth-order valence-corrected chi connectivity index (χ4v) is 3.42. The van der Waals surface area contributed by atoms with Crippen molar-refractivity contribution in [3.05, 3.63) is 34.9 Å². The SMILES string of the molecule is CC12CC(C1)C([C@H](O)c1cccc(Cl)c1)N2. The van der Waals surface area contributed by atoms with Crippen molar-refractivity contribution >= 4 is 11.6 Å². The van der Waals surface area contributed by atoms with Crippen LogP contribution >= 0.6 is 11.6 Å². The smallest absolute Gasteiger partial charge is 0.0946 e. The molecular formula is C13H16ClNO. The third-order valence-corrected chi connectivity index (χ3v) is 4.21. The van der Waals surface area contributed by atoms with Crippen molar-refractivity contribution in [1.82, 2.24) is 5.32 Å². The van der Waals surface area contributed by atoms with Crippen LogP contribution in [-0.4, -0.2) is 16.7 Å². The van der Waals surface area contributed by atoms with Crippen molar-refractivity contribution in [2.75, 3.05) is 0 Å². The summed E-state index contributed by atoms with van der Waals surface area (Å²) in [7, 11) is 0. The summed E-state index contributed by atoms with van der Waals surface area (Å²) < 4.78 is 0. The lowest BCUT2D eigenvalue weighted by atomic mass is 9.72. The van der Waals surface area contributed by atoms with E-state index in [2.05, 4.69) is 12.2 Å². The van der Waals surface area contributed by atoms with Crippen LogP contribution in [0.15, 0.2) is 24.3 Å². The van der Waals surface area contributed by atoms with Crippen molar-refractivity contribution in [1.29, 1.82) is 0 Å². The zero-order valence-corrected chi connectivity index (χ0v) is 10.0. The molecule has 1 unspecified atom stereocenters. The highest BCUT2D eigenvalue weighted by Crippen LogP contribution is 2.50. The monoisotopic (exact) mass is 237 g/mol. The summed E-state index contributed by atoms with van der Waals surface area (Å²) in [4.78, 5) is 0. The molecular weight excluding hydrogens is 222 g/mol. The molecule has 1 aliphatic carbocycles. The Bertz CT molecular complexity index is 414. The Hall–Kier alpha value is -0.570. The van der Waals surface area contributed by atoms with Gasteiger partial charge in [0.1, 0.15) is 0 Å². The highest BCUT2D eigenvalue weighted by molar-refractivity contribution is 6.30. The predicted octanol–water partition coefficient (Wildman–Crippen LogP) is 2.51. The summed E-state index contributed by atoms with van der Waals surface area (Å²) >= 11 is 5.94. The highest BCUT2D eigenvalue weighted by Gasteiger charge is 2.54. The zero-order chi connectivity index (χ0) is 11.3. The van der Waals surface area contributed by atoms with Crippen molar-refractivity contribution in [3.8, 4) is 0 Å². The van der Waals surface area contributed by atoms with E-state index >= 15 is 0 Å². The predicted molar refractivity (Wildman–Crippen MR) is 64.5 cm³/mol. The van der Waals surface area contributed by atoms with E-state index in [1.807, 2.05) is 24.3 Å². The van der Waals surface area contributed by atoms with E-state index < -0.39 is 6.10 Å². The van der Waals surface area contributed by atoms with Gasteiger partial charge in [-0.3, -0.25) is 0 Å². The number of nitrogens with one attached hydrogen (secondary N) is 1. The van der Waals surface area contributed by atoms with Crippen LogP contribution in [0.5, 0.6) is 0 Å². The maximum atomic E-state index is 10.3. The number of benzene rings is 1. The molecule has 0 spiro atoms. The Kier molecular flexibility index (Phi) is 2.29. The molecule has 4 rings (SSSR count). The molecule has 2 nitrogen and oxygen atoms in total. The average molecular weight is 238 g/mol. The largest absolute Gasteiger partial charge is 0.387 e. The van der Waals surface area contributed by atoms with Gasteiger partial charge in [0.05, 0.1) is 6.10 Å². The Labute approximate surface area is 101 Å². The van der Waals surface area contributed by atoms with E-state index in [0.717, 1.165) is 5.56 Å². The van der Waals surface area contributed by atoms with Crippen LogP contribution in [0.2, 0.25) is 5.02 Å². The Balaban J connectivity index is 1.81. The quantitative estimate of drug-likeness (QED) is 0.829. The van der Waals surface area contributed by atoms with Gasteiger partial charge in [-0.05, 0) is 43.4 Å². The lowest BCUT2D eigenvalue weighted by Crippen LogP contribution is -2.40. The molecule has 2 heterocycles. The third kappa shape index (κ3) is 1.56. The van der Waals surface area contributed by atoms with Crippen LogP contribution in [-0.2, 0) is 0 Å². The van der Waals surface area contributed by atoms with E-state index in [9.17, 15) is 5.11 Å². The second-order valence-electron chi connectivity index (χ2n) is 5.40. The summed E-state index contributed by atoms with van der Waals surface area (Å²) in [6, 6.07) is 7.72. The van der Waals surface area contributed by atoms with Crippen molar-refractivity contribution in [2.24, 2.45) is 5.92 Å². The van der Waals surface area contributed by atoms with Gasteiger partial charge in [-0.15, -0.1) is 0 Å². The van der Waals surface area contributed by atoms with Gasteiger partial charge in [0.2, 0.25) is 0 Å². The molecule has 16 heavy (non-hydrogen) atoms. The Morgan fingerprint density at radius 1 is 1.50 bits per heavy atom. The highest BCUT2D eigenvalue weighted by atomic mass is 35.5. The van der Waals surface area contributed by atoms with Crippen LogP contribution in [0.3, 0.4) is 0 Å². The minimum absolute atomic E-state index is 0.198. The number of hydrogen-bond acceptors (Lipinski definition) is 2. The van der Waals surface area contributed by atoms with E-state index in [1.54, 1.807) is 0 Å². The van der Waals surface area contributed by atoms with Crippen LogP contribution in [0.4, 0.5) is 0 Å². The first kappa shape index (κ1) is 10.6. The summed E-state index contributed by atoms with van der Waals surface area (Å²) in [6.07, 6.45) is 1.94. The van der Waals surface area contributed by atoms with Crippen LogP contribution < -0.4 is 5.32 Å². The molecule has 1 aromatic carbocycles. The van der Waals surface area contributed by atoms with E-state index in [0.29, 0.717) is 10.9 Å². The number of hydrogen-bond donors (Lipinski definition) is 2. The summed E-state index contributed by atoms with van der Waals surface area (Å²) in [5.74, 6) is 0.624. The van der Waals surface area contributed by atoms with Gasteiger partial charge < -0.3 is 10.4 Å². The Morgan fingerprint density at radius 2 is 2.25 bits per heavy atom. The molecule has 2 N–H and O–H groups in total. The fourth-order valence-electron chi connectivity index (χ4n) is 3.22. The Morgan fingerprint density at radius 3 is 2.81 bits per heavy atom. The molecule has 2 atom stereocenters. The zero-order valence-electron chi connectivity index (χ0n) is 9.28. The lowest BCUT2D eigenvalue weighted by molar-refractivity contribution is 0.121. The van der Waals surface area contributed by atoms with E-state index in [1.165, 1.54) is 12.8 Å². The fraction of sp³-hybridized carbons (Fsp3) is 0.538. The van der Waals surface area contributed by atoms with Gasteiger partial charge in [-0.2, -0.15) is 0 Å². The molecule has 2 saturated heterocycles. The maximum absolute atomic E-state index is 10.3. The summed E-state index contributed by atoms with van der Waals surface area (Å²) in [6.45, 7) is 2.23. The number of rotatable bonds is 2. The van der Waals surface area contributed by atoms with Crippen LogP contribution in [0, 0.1) is 5.92 Å². The molecule has 2 bridgehead atoms. The van der Waals surface area contributed by atoms with Crippen LogP contribution in [0.25, 0.3) is 0 Å². The molecule has 0 aromatic heterocycles. The summed E-state index contributed by atoms with van der Waals surface area (Å²) in [5.41, 5.74) is 1.19. The van der Waals surface area contributed by atoms with Gasteiger partial charge in [0.25, 0.3) is 0 Å². The van der Waals surface area contributed by atoms with Gasteiger partial charge in [0, 0.05) is 16.6 Å². The number of aliphatic hydroxyl groups is 1. The molecule has 1 aromatic rings. The third-order valence-electron chi connectivity index (χ3n) is 3.98. The van der Waals surface area contributed by atoms with Crippen LogP contribution in [0.1, 0.15) is 31.4 Å². The van der Waals surface area contributed by atoms with Crippen molar-refractivity contribution < 1.29 is 5.11 Å². The van der Waals surface area contributed by atoms with Gasteiger partial charge in [-0.1, -0.05) is 23.7 Å². The average Bonchev–Trinajstić information content (AvgIpc) is 2.70. The molecule has 0 amide bonds. The molecule has 2 aliphatic heterocycles. The van der Waals surface area contributed by atoms with Gasteiger partial charge in [0.15, 0.2) is 0 Å². The number of halogens is 1. The molecule has 3 aliphatic rings. The van der Waals surface area contributed by atoms with E-state index in [-0.39, 0.29) is 11.6 Å². The molecule has 3 heteroatoms. The summed E-state index contributed by atoms with van der Waals surface area (Å²) in [5, 5.41) is 14.6. The molecule has 3 fully saturated rings. The topological polar surface area (TPSA) is 32.3 Å². The number of fused-ring (bicyclic) bond motifs is 1. The molecule has 1 saturated carbocycles. The molecule has 0 radical (unpaired) electrons. The normalized spacial score (nSPS) is 38.2. The standard InChI is InChI=1S/C13H16ClNO/c1-13-6-9(7-13)11(15-13)12(16)8-3-2-4-10(14)5-8/h2-5,9,11-12,15-16H,6-7H2,1H3/t9?,11?,12-,13?/m1/s1. The van der Waals surface area contributed by atoms with E-state index in [4.69, 9.17) is 11.6 Å². The molecule has 86 valence electrons. The lowest BCUT2D eigenvalue weighted by Gasteiger charge is -2.33. The number of aliphatic hydroxyl groups excluding tert-OH is 1. The first-order valence-corrected chi connectivity index (χ1v) is 6.16. The van der Waals surface area contributed by atoms with Gasteiger partial charge >= 0.3 is 0 Å². The minimum atomic E-state index is -0.437. The van der Waals surface area contributed by atoms with Crippen molar-refractivity contribution in [3.63, 3.8) is 0 Å². The first-order valence-electron chi connectivity index (χ1n) is 5.79. The second kappa shape index (κ2) is 3.46. The first-order chi connectivity index (χ1) is 7.57. The van der Waals surface area contributed by atoms with Crippen molar-refractivity contribution in [2.45, 2.75) is 37.5 Å².